The van der Waals surface area contributed by atoms with E-state index in [4.69, 9.17) is 9.47 Å². The van der Waals surface area contributed by atoms with Crippen LogP contribution in [0.15, 0.2) is 82.8 Å². The number of ether oxygens (including phenoxy) is 2. The summed E-state index contributed by atoms with van der Waals surface area (Å²) in [6.45, 7) is -0.616. The van der Waals surface area contributed by atoms with Crippen LogP contribution in [0.3, 0.4) is 0 Å². The van der Waals surface area contributed by atoms with Gasteiger partial charge in [0.1, 0.15) is 23.9 Å². The smallest absolute Gasteiger partial charge is 0.264 e. The largest absolute Gasteiger partial charge is 0.497 e. The highest BCUT2D eigenvalue weighted by molar-refractivity contribution is 7.92. The molecule has 1 N–H and O–H groups in total. The Morgan fingerprint density at radius 2 is 1.73 bits per heavy atom. The van der Waals surface area contributed by atoms with Crippen LogP contribution in [0, 0.1) is 5.82 Å². The molecule has 172 valence electrons. The van der Waals surface area contributed by atoms with E-state index < -0.39 is 28.3 Å². The van der Waals surface area contributed by atoms with Gasteiger partial charge in [0.2, 0.25) is 0 Å². The Kier molecular flexibility index (Phi) is 7.62. The van der Waals surface area contributed by atoms with Crippen molar-refractivity contribution >= 4 is 27.8 Å². The summed E-state index contributed by atoms with van der Waals surface area (Å²) in [5.74, 6) is -0.660. The Hall–Kier alpha value is -3.92. The third-order valence-corrected chi connectivity index (χ3v) is 6.35. The van der Waals surface area contributed by atoms with E-state index in [0.717, 1.165) is 10.5 Å². The van der Waals surface area contributed by atoms with Crippen LogP contribution in [-0.2, 0) is 14.8 Å². The van der Waals surface area contributed by atoms with Crippen molar-refractivity contribution in [3.63, 3.8) is 0 Å². The van der Waals surface area contributed by atoms with Gasteiger partial charge in [-0.15, -0.1) is 0 Å². The van der Waals surface area contributed by atoms with Crippen LogP contribution in [0.1, 0.15) is 5.56 Å². The van der Waals surface area contributed by atoms with Gasteiger partial charge in [-0.05, 0) is 30.3 Å². The molecule has 8 nitrogen and oxygen atoms in total. The Bertz CT molecular complexity index is 1250. The summed E-state index contributed by atoms with van der Waals surface area (Å²) in [5.41, 5.74) is 2.51. The molecule has 0 heterocycles. The first-order chi connectivity index (χ1) is 15.9. The van der Waals surface area contributed by atoms with Gasteiger partial charge in [-0.1, -0.05) is 36.4 Å². The molecule has 0 fully saturated rings. The number of sulfonamides is 1. The average Bonchev–Trinajstić information content (AvgIpc) is 2.83. The van der Waals surface area contributed by atoms with Gasteiger partial charge >= 0.3 is 0 Å². The number of anilines is 1. The maximum absolute atomic E-state index is 13.7. The maximum atomic E-state index is 13.7. The first-order valence-electron chi connectivity index (χ1n) is 9.73. The van der Waals surface area contributed by atoms with E-state index in [1.165, 1.54) is 56.7 Å². The number of benzene rings is 3. The standard InChI is InChI=1S/C23H22FN3O5S/c1-31-18-12-13-22(32-2)21(14-18)27(33(29,30)19-9-4-3-5-10-19)16-23(28)26-25-15-17-8-6-7-11-20(17)24/h3-15H,16H2,1-2H3,(H,26,28)/b25-15-. The summed E-state index contributed by atoms with van der Waals surface area (Å²) in [6, 6.07) is 18.2. The van der Waals surface area contributed by atoms with Crippen LogP contribution in [0.5, 0.6) is 11.5 Å². The number of nitrogens with zero attached hydrogens (tertiary/aromatic N) is 2. The minimum Gasteiger partial charge on any atom is -0.497 e. The van der Waals surface area contributed by atoms with E-state index in [1.807, 2.05) is 0 Å². The SMILES string of the molecule is COc1ccc(OC)c(N(CC(=O)N/N=C\c2ccccc2F)S(=O)(=O)c2ccccc2)c1. The number of methoxy groups -OCH3 is 2. The molecule has 0 radical (unpaired) electrons. The Balaban J connectivity index is 1.94. The van der Waals surface area contributed by atoms with Crippen LogP contribution < -0.4 is 19.2 Å². The van der Waals surface area contributed by atoms with Crippen LogP contribution >= 0.6 is 0 Å². The lowest BCUT2D eigenvalue weighted by atomic mass is 10.2. The molecule has 0 aliphatic carbocycles. The van der Waals surface area contributed by atoms with Crippen LogP contribution in [0.4, 0.5) is 10.1 Å². The molecular formula is C23H22FN3O5S. The number of hydrogen-bond donors (Lipinski definition) is 1. The third kappa shape index (κ3) is 5.66. The lowest BCUT2D eigenvalue weighted by Crippen LogP contribution is -2.39. The molecule has 0 aliphatic rings. The van der Waals surface area contributed by atoms with Gasteiger partial charge in [0, 0.05) is 11.6 Å². The molecule has 3 aromatic carbocycles. The second kappa shape index (κ2) is 10.6. The van der Waals surface area contributed by atoms with E-state index in [1.54, 1.807) is 30.3 Å². The molecule has 0 aliphatic heterocycles. The van der Waals surface area contributed by atoms with Gasteiger partial charge in [-0.25, -0.2) is 18.2 Å². The van der Waals surface area contributed by atoms with Crippen LogP contribution in [0.2, 0.25) is 0 Å². The van der Waals surface area contributed by atoms with E-state index in [-0.39, 0.29) is 21.9 Å². The van der Waals surface area contributed by atoms with Crippen molar-refractivity contribution in [2.45, 2.75) is 4.90 Å². The van der Waals surface area contributed by atoms with Gasteiger partial charge in [-0.2, -0.15) is 5.10 Å². The van der Waals surface area contributed by atoms with E-state index in [2.05, 4.69) is 10.5 Å². The minimum absolute atomic E-state index is 0.0162. The van der Waals surface area contributed by atoms with Crippen molar-refractivity contribution in [3.05, 3.63) is 84.2 Å². The number of nitrogens with one attached hydrogen (secondary N) is 1. The van der Waals surface area contributed by atoms with E-state index >= 15 is 0 Å². The maximum Gasteiger partial charge on any atom is 0.264 e. The lowest BCUT2D eigenvalue weighted by molar-refractivity contribution is -0.119. The molecule has 0 atom stereocenters. The molecule has 33 heavy (non-hydrogen) atoms. The Morgan fingerprint density at radius 3 is 2.39 bits per heavy atom. The molecular weight excluding hydrogens is 449 g/mol. The number of hydrogen-bond acceptors (Lipinski definition) is 6. The Morgan fingerprint density at radius 1 is 1.03 bits per heavy atom. The van der Waals surface area contributed by atoms with Gasteiger partial charge in [-0.3, -0.25) is 9.10 Å². The number of halogens is 1. The van der Waals surface area contributed by atoms with E-state index in [9.17, 15) is 17.6 Å². The van der Waals surface area contributed by atoms with Gasteiger partial charge in [0.25, 0.3) is 15.9 Å². The zero-order chi connectivity index (χ0) is 23.8. The molecule has 0 unspecified atom stereocenters. The second-order valence-electron chi connectivity index (χ2n) is 6.68. The lowest BCUT2D eigenvalue weighted by Gasteiger charge is -2.25. The number of amides is 1. The van der Waals surface area contributed by atoms with Gasteiger partial charge in [0.05, 0.1) is 31.0 Å². The first kappa shape index (κ1) is 23.7. The summed E-state index contributed by atoms with van der Waals surface area (Å²) in [6.07, 6.45) is 1.13. The average molecular weight is 472 g/mol. The molecule has 10 heteroatoms. The summed E-state index contributed by atoms with van der Waals surface area (Å²) in [4.78, 5) is 12.6. The number of carbonyl (C=O) groups excluding carboxylic acids is 1. The fourth-order valence-electron chi connectivity index (χ4n) is 2.93. The molecule has 0 aromatic heterocycles. The van der Waals surface area contributed by atoms with Crippen LogP contribution in [-0.4, -0.2) is 41.3 Å². The number of rotatable bonds is 9. The van der Waals surface area contributed by atoms with Crippen molar-refractivity contribution in [1.82, 2.24) is 5.43 Å². The second-order valence-corrected chi connectivity index (χ2v) is 8.54. The molecule has 0 spiro atoms. The predicted octanol–water partition coefficient (Wildman–Crippen LogP) is 3.19. The molecule has 0 bridgehead atoms. The summed E-state index contributed by atoms with van der Waals surface area (Å²) < 4.78 is 52.0. The highest BCUT2D eigenvalue weighted by Gasteiger charge is 2.29. The normalized spacial score (nSPS) is 11.2. The molecule has 0 saturated carbocycles. The summed E-state index contributed by atoms with van der Waals surface area (Å²) in [7, 11) is -1.34. The van der Waals surface area contributed by atoms with Crippen molar-refractivity contribution in [2.75, 3.05) is 25.1 Å². The van der Waals surface area contributed by atoms with Gasteiger partial charge in [0.15, 0.2) is 0 Å². The fraction of sp³-hybridized carbons (Fsp3) is 0.130. The predicted molar refractivity (Wildman–Crippen MR) is 123 cm³/mol. The fourth-order valence-corrected chi connectivity index (χ4v) is 4.37. The summed E-state index contributed by atoms with van der Waals surface area (Å²) in [5, 5.41) is 3.74. The third-order valence-electron chi connectivity index (χ3n) is 4.57. The van der Waals surface area contributed by atoms with E-state index in [0.29, 0.717) is 5.75 Å². The quantitative estimate of drug-likeness (QED) is 0.382. The van der Waals surface area contributed by atoms with Crippen LogP contribution in [0.25, 0.3) is 0 Å². The van der Waals surface area contributed by atoms with Crippen molar-refractivity contribution in [2.24, 2.45) is 5.10 Å². The van der Waals surface area contributed by atoms with Crippen molar-refractivity contribution in [3.8, 4) is 11.5 Å². The molecule has 3 aromatic rings. The molecule has 0 saturated heterocycles. The zero-order valence-electron chi connectivity index (χ0n) is 17.9. The Labute approximate surface area is 191 Å². The van der Waals surface area contributed by atoms with Crippen molar-refractivity contribution in [1.29, 1.82) is 0 Å². The first-order valence-corrected chi connectivity index (χ1v) is 11.2. The minimum atomic E-state index is -4.17. The van der Waals surface area contributed by atoms with Crippen molar-refractivity contribution < 1.29 is 27.1 Å². The number of hydrazone groups is 1. The topological polar surface area (TPSA) is 97.3 Å². The van der Waals surface area contributed by atoms with Gasteiger partial charge < -0.3 is 9.47 Å². The monoisotopic (exact) mass is 471 g/mol. The molecule has 1 amide bonds. The molecule has 3 rings (SSSR count). The highest BCUT2D eigenvalue weighted by Crippen LogP contribution is 2.35. The summed E-state index contributed by atoms with van der Waals surface area (Å²) >= 11 is 0. The number of carbonyl (C=O) groups is 1. The highest BCUT2D eigenvalue weighted by atomic mass is 32.2. The zero-order valence-corrected chi connectivity index (χ0v) is 18.8.